The minimum atomic E-state index is -4.47. The summed E-state index contributed by atoms with van der Waals surface area (Å²) in [6.07, 6.45) is -2.14. The first kappa shape index (κ1) is 20.7. The molecule has 0 aliphatic carbocycles. The summed E-state index contributed by atoms with van der Waals surface area (Å²) in [6, 6.07) is 7.04. The smallest absolute Gasteiger partial charge is 0.369 e. The van der Waals surface area contributed by atoms with E-state index in [9.17, 15) is 17.6 Å². The van der Waals surface area contributed by atoms with Crippen LogP contribution in [0.5, 0.6) is 0 Å². The summed E-state index contributed by atoms with van der Waals surface area (Å²) in [5.74, 6) is -0.527. The van der Waals surface area contributed by atoms with Crippen molar-refractivity contribution < 1.29 is 17.6 Å². The summed E-state index contributed by atoms with van der Waals surface area (Å²) in [7, 11) is 0. The Morgan fingerprint density at radius 3 is 2.65 bits per heavy atom. The maximum absolute atomic E-state index is 12.9. The number of aromatic nitrogens is 1. The third-order valence-corrected chi connectivity index (χ3v) is 4.53. The number of hydrogen-bond acceptors (Lipinski definition) is 3. The van der Waals surface area contributed by atoms with Crippen molar-refractivity contribution in [1.29, 1.82) is 0 Å². The lowest BCUT2D eigenvalue weighted by molar-refractivity contribution is -0.137. The summed E-state index contributed by atoms with van der Waals surface area (Å²) in [5.41, 5.74) is 0.536. The lowest BCUT2D eigenvalue weighted by Crippen LogP contribution is -2.32. The quantitative estimate of drug-likeness (QED) is 0.586. The molecule has 2 aromatic rings. The van der Waals surface area contributed by atoms with Crippen molar-refractivity contribution in [3.8, 4) is 0 Å². The molecular weight excluding hydrogens is 393 g/mol. The molecule has 26 heavy (non-hydrogen) atoms. The lowest BCUT2D eigenvalue weighted by atomic mass is 10.1. The number of pyridine rings is 1. The highest BCUT2D eigenvalue weighted by molar-refractivity contribution is 6.31. The molecule has 3 nitrogen and oxygen atoms in total. The molecule has 0 unspecified atom stereocenters. The molecule has 0 spiro atoms. The van der Waals surface area contributed by atoms with Gasteiger partial charge >= 0.3 is 6.18 Å². The van der Waals surface area contributed by atoms with Gasteiger partial charge in [0.1, 0.15) is 0 Å². The Labute approximate surface area is 159 Å². The van der Waals surface area contributed by atoms with Crippen molar-refractivity contribution in [2.45, 2.75) is 25.2 Å². The third kappa shape index (κ3) is 4.99. The second-order valence-corrected chi connectivity index (χ2v) is 6.37. The number of nitrogens with one attached hydrogen (secondary N) is 1. The summed E-state index contributed by atoms with van der Waals surface area (Å²) < 4.78 is 51.6. The molecule has 9 heteroatoms. The van der Waals surface area contributed by atoms with Crippen LogP contribution in [0, 0.1) is 5.95 Å². The first-order valence-electron chi connectivity index (χ1n) is 7.78. The molecule has 142 valence electrons. The first-order chi connectivity index (χ1) is 11.8. The Morgan fingerprint density at radius 2 is 2.00 bits per heavy atom. The van der Waals surface area contributed by atoms with Gasteiger partial charge in [0, 0.05) is 25.7 Å². The summed E-state index contributed by atoms with van der Waals surface area (Å²) in [4.78, 5) is 5.70. The predicted molar refractivity (Wildman–Crippen MR) is 95.4 cm³/mol. The van der Waals surface area contributed by atoms with E-state index in [1.54, 1.807) is 12.1 Å². The summed E-state index contributed by atoms with van der Waals surface area (Å²) in [5, 5.41) is 2.96. The van der Waals surface area contributed by atoms with Gasteiger partial charge in [-0.1, -0.05) is 17.7 Å². The van der Waals surface area contributed by atoms with Crippen LogP contribution in [0.3, 0.4) is 0 Å². The van der Waals surface area contributed by atoms with Crippen LogP contribution < -0.4 is 10.2 Å². The zero-order chi connectivity index (χ0) is 18.0. The Balaban J connectivity index is 0.00000243. The van der Waals surface area contributed by atoms with Crippen LogP contribution in [0.1, 0.15) is 17.5 Å². The Morgan fingerprint density at radius 1 is 1.23 bits per heavy atom. The molecule has 0 amide bonds. The first-order valence-corrected chi connectivity index (χ1v) is 8.16. The van der Waals surface area contributed by atoms with Gasteiger partial charge < -0.3 is 10.2 Å². The van der Waals surface area contributed by atoms with Crippen LogP contribution >= 0.6 is 24.0 Å². The van der Waals surface area contributed by atoms with E-state index in [-0.39, 0.29) is 23.5 Å². The van der Waals surface area contributed by atoms with E-state index in [2.05, 4.69) is 15.2 Å². The van der Waals surface area contributed by atoms with E-state index in [4.69, 9.17) is 11.6 Å². The van der Waals surface area contributed by atoms with Crippen LogP contribution in [0.15, 0.2) is 36.5 Å². The molecule has 0 radical (unpaired) electrons. The van der Waals surface area contributed by atoms with Crippen molar-refractivity contribution in [2.75, 3.05) is 18.0 Å². The number of benzene rings is 1. The molecule has 1 atom stereocenters. The number of rotatable bonds is 4. The fourth-order valence-electron chi connectivity index (χ4n) is 2.88. The summed E-state index contributed by atoms with van der Waals surface area (Å²) >= 11 is 5.63. The number of anilines is 1. The molecule has 1 N–H and O–H groups in total. The van der Waals surface area contributed by atoms with Gasteiger partial charge in [0.15, 0.2) is 0 Å². The Kier molecular flexibility index (Phi) is 6.71. The monoisotopic (exact) mass is 409 g/mol. The summed E-state index contributed by atoms with van der Waals surface area (Å²) in [6.45, 7) is 1.78. The highest BCUT2D eigenvalue weighted by Crippen LogP contribution is 2.35. The number of alkyl halides is 3. The average Bonchev–Trinajstić information content (AvgIpc) is 3.02. The van der Waals surface area contributed by atoms with Gasteiger partial charge in [-0.05, 0) is 36.2 Å². The van der Waals surface area contributed by atoms with Crippen LogP contribution in [0.25, 0.3) is 0 Å². The average molecular weight is 410 g/mol. The topological polar surface area (TPSA) is 28.2 Å². The second kappa shape index (κ2) is 8.41. The molecule has 1 aromatic carbocycles. The molecular formula is C17H17Cl2F4N3. The third-order valence-electron chi connectivity index (χ3n) is 4.20. The SMILES string of the molecule is Cl.Fc1ccc(N2CC[C@H](NCc3ccc(Cl)c(C(F)(F)F)c3)C2)cn1. The zero-order valence-corrected chi connectivity index (χ0v) is 15.1. The van der Waals surface area contributed by atoms with Crippen molar-refractivity contribution in [2.24, 2.45) is 0 Å². The van der Waals surface area contributed by atoms with Gasteiger partial charge in [0.05, 0.1) is 22.5 Å². The van der Waals surface area contributed by atoms with Crippen LogP contribution in [-0.2, 0) is 12.7 Å². The number of halogens is 6. The van der Waals surface area contributed by atoms with Crippen LogP contribution in [0.2, 0.25) is 5.02 Å². The molecule has 1 aromatic heterocycles. The van der Waals surface area contributed by atoms with Crippen molar-refractivity contribution >= 4 is 29.7 Å². The van der Waals surface area contributed by atoms with E-state index in [1.165, 1.54) is 18.3 Å². The van der Waals surface area contributed by atoms with Gasteiger partial charge in [-0.25, -0.2) is 4.98 Å². The van der Waals surface area contributed by atoms with Crippen molar-refractivity contribution in [3.63, 3.8) is 0 Å². The van der Waals surface area contributed by atoms with Crippen LogP contribution in [-0.4, -0.2) is 24.1 Å². The second-order valence-electron chi connectivity index (χ2n) is 5.96. The van der Waals surface area contributed by atoms with Crippen molar-refractivity contribution in [1.82, 2.24) is 10.3 Å². The highest BCUT2D eigenvalue weighted by Gasteiger charge is 2.33. The number of nitrogens with zero attached hydrogens (tertiary/aromatic N) is 2. The van der Waals surface area contributed by atoms with E-state index in [1.807, 2.05) is 0 Å². The lowest BCUT2D eigenvalue weighted by Gasteiger charge is -2.19. The normalized spacial score (nSPS) is 17.3. The standard InChI is InChI=1S/C17H16ClF4N3.ClH/c18-15-3-1-11(7-14(15)17(20,21)22)8-23-12-5-6-25(10-12)13-2-4-16(19)24-9-13;/h1-4,7,9,12,23H,5-6,8,10H2;1H/t12-;/m0./s1. The van der Waals surface area contributed by atoms with E-state index in [0.717, 1.165) is 24.7 Å². The maximum atomic E-state index is 12.9. The molecule has 1 saturated heterocycles. The van der Waals surface area contributed by atoms with Gasteiger partial charge in [0.2, 0.25) is 5.95 Å². The molecule has 1 aliphatic rings. The fourth-order valence-corrected chi connectivity index (χ4v) is 3.10. The molecule has 0 bridgehead atoms. The molecule has 1 fully saturated rings. The van der Waals surface area contributed by atoms with Gasteiger partial charge in [0.25, 0.3) is 0 Å². The van der Waals surface area contributed by atoms with Gasteiger partial charge in [-0.2, -0.15) is 17.6 Å². The highest BCUT2D eigenvalue weighted by atomic mass is 35.5. The van der Waals surface area contributed by atoms with Crippen LogP contribution in [0.4, 0.5) is 23.2 Å². The predicted octanol–water partition coefficient (Wildman–Crippen LogP) is 4.68. The zero-order valence-electron chi connectivity index (χ0n) is 13.6. The van der Waals surface area contributed by atoms with E-state index >= 15 is 0 Å². The van der Waals surface area contributed by atoms with Gasteiger partial charge in [-0.15, -0.1) is 12.4 Å². The minimum absolute atomic E-state index is 0. The fraction of sp³-hybridized carbons (Fsp3) is 0.353. The number of hydrogen-bond donors (Lipinski definition) is 1. The molecule has 3 rings (SSSR count). The Bertz CT molecular complexity index is 738. The minimum Gasteiger partial charge on any atom is -0.369 e. The van der Waals surface area contributed by atoms with Crippen molar-refractivity contribution in [3.05, 3.63) is 58.6 Å². The van der Waals surface area contributed by atoms with E-state index < -0.39 is 17.7 Å². The van der Waals surface area contributed by atoms with E-state index in [0.29, 0.717) is 18.7 Å². The molecule has 1 aliphatic heterocycles. The molecule has 0 saturated carbocycles. The largest absolute Gasteiger partial charge is 0.417 e. The van der Waals surface area contributed by atoms with Gasteiger partial charge in [-0.3, -0.25) is 0 Å². The Hall–Kier alpha value is -1.57. The maximum Gasteiger partial charge on any atom is 0.417 e. The molecule has 2 heterocycles.